The second kappa shape index (κ2) is 11.2. The summed E-state index contributed by atoms with van der Waals surface area (Å²) in [5.74, 6) is 0.498. The lowest BCUT2D eigenvalue weighted by atomic mass is 9.98. The van der Waals surface area contributed by atoms with Crippen LogP contribution in [-0.2, 0) is 24.3 Å². The Kier molecular flexibility index (Phi) is 9.25. The third-order valence-electron chi connectivity index (χ3n) is 4.80. The van der Waals surface area contributed by atoms with Crippen molar-refractivity contribution in [3.8, 4) is 0 Å². The van der Waals surface area contributed by atoms with Gasteiger partial charge in [0.2, 0.25) is 5.91 Å². The largest absolute Gasteiger partial charge is 0.478 e. The number of hydrogen-bond acceptors (Lipinski definition) is 4. The number of halogens is 2. The van der Waals surface area contributed by atoms with Gasteiger partial charge in [0.25, 0.3) is 0 Å². The number of thiol groups is 1. The number of carbonyl (C=O) groups is 2. The Labute approximate surface area is 195 Å². The molecule has 1 atom stereocenters. The van der Waals surface area contributed by atoms with Crippen LogP contribution in [0.2, 0.25) is 5.15 Å². The predicted octanol–water partition coefficient (Wildman–Crippen LogP) is 4.82. The highest BCUT2D eigenvalue weighted by atomic mass is 79.9. The number of benzene rings is 1. The van der Waals surface area contributed by atoms with Gasteiger partial charge in [-0.2, -0.15) is 12.6 Å². The first kappa shape index (κ1) is 24.8. The standard InChI is InChI=1S/C21H27BrClN3O3S/c1-4-18-25-19(23)17(9-24-20(27)14(11-30)7-12(2)3)26(18)10-13-5-6-15(21(28)29)16(22)8-13/h5-6,8,12,14,30H,4,7,9-11H2,1-3H3,(H,24,27)(H,28,29). The van der Waals surface area contributed by atoms with Crippen LogP contribution in [0.15, 0.2) is 22.7 Å². The Hall–Kier alpha value is -1.51. The van der Waals surface area contributed by atoms with Crippen molar-refractivity contribution in [2.24, 2.45) is 11.8 Å². The zero-order chi connectivity index (χ0) is 22.4. The molecule has 1 amide bonds. The van der Waals surface area contributed by atoms with Crippen molar-refractivity contribution >= 4 is 52.0 Å². The maximum absolute atomic E-state index is 12.6. The summed E-state index contributed by atoms with van der Waals surface area (Å²) in [7, 11) is 0. The van der Waals surface area contributed by atoms with Gasteiger partial charge in [0.15, 0.2) is 5.15 Å². The molecule has 1 heterocycles. The SMILES string of the molecule is CCc1nc(Cl)c(CNC(=O)C(CS)CC(C)C)n1Cc1ccc(C(=O)O)c(Br)c1. The molecule has 9 heteroatoms. The Morgan fingerprint density at radius 1 is 1.37 bits per heavy atom. The van der Waals surface area contributed by atoms with Crippen molar-refractivity contribution in [3.63, 3.8) is 0 Å². The van der Waals surface area contributed by atoms with Crippen molar-refractivity contribution in [3.05, 3.63) is 50.5 Å². The number of carbonyl (C=O) groups excluding carboxylic acids is 1. The number of amides is 1. The number of aromatic carboxylic acids is 1. The molecule has 0 saturated carbocycles. The van der Waals surface area contributed by atoms with Crippen LogP contribution in [0.1, 0.15) is 54.6 Å². The number of aromatic nitrogens is 2. The predicted molar refractivity (Wildman–Crippen MR) is 125 cm³/mol. The summed E-state index contributed by atoms with van der Waals surface area (Å²) in [5.41, 5.74) is 1.83. The number of imidazole rings is 1. The van der Waals surface area contributed by atoms with E-state index in [4.69, 9.17) is 11.6 Å². The molecule has 1 aromatic carbocycles. The van der Waals surface area contributed by atoms with E-state index in [1.807, 2.05) is 11.5 Å². The molecule has 164 valence electrons. The third-order valence-corrected chi connectivity index (χ3v) is 6.20. The number of carboxylic acids is 1. The summed E-state index contributed by atoms with van der Waals surface area (Å²) in [6.45, 7) is 6.88. The molecule has 0 aliphatic carbocycles. The highest BCUT2D eigenvalue weighted by molar-refractivity contribution is 9.10. The van der Waals surface area contributed by atoms with E-state index in [1.54, 1.807) is 18.2 Å². The van der Waals surface area contributed by atoms with E-state index >= 15 is 0 Å². The molecule has 0 bridgehead atoms. The molecule has 1 aromatic heterocycles. The number of hydrogen-bond donors (Lipinski definition) is 3. The molecule has 0 spiro atoms. The number of nitrogens with one attached hydrogen (secondary N) is 1. The van der Waals surface area contributed by atoms with Gasteiger partial charge in [-0.1, -0.05) is 38.4 Å². The van der Waals surface area contributed by atoms with E-state index in [2.05, 4.69) is 52.7 Å². The van der Waals surface area contributed by atoms with E-state index in [1.165, 1.54) is 0 Å². The molecular formula is C21H27BrClN3O3S. The van der Waals surface area contributed by atoms with Crippen LogP contribution in [0.25, 0.3) is 0 Å². The van der Waals surface area contributed by atoms with E-state index in [-0.39, 0.29) is 23.9 Å². The van der Waals surface area contributed by atoms with Gasteiger partial charge in [-0.05, 0) is 46.0 Å². The van der Waals surface area contributed by atoms with Crippen molar-refractivity contribution in [2.45, 2.75) is 46.7 Å². The fourth-order valence-electron chi connectivity index (χ4n) is 3.29. The third kappa shape index (κ3) is 6.25. The van der Waals surface area contributed by atoms with Gasteiger partial charge < -0.3 is 15.0 Å². The number of rotatable bonds is 10. The van der Waals surface area contributed by atoms with Crippen LogP contribution in [-0.4, -0.2) is 32.3 Å². The number of nitrogens with zero attached hydrogens (tertiary/aromatic N) is 2. The number of aryl methyl sites for hydroxylation is 1. The average molecular weight is 517 g/mol. The fourth-order valence-corrected chi connectivity index (χ4v) is 4.47. The van der Waals surface area contributed by atoms with Gasteiger partial charge >= 0.3 is 5.97 Å². The van der Waals surface area contributed by atoms with Crippen molar-refractivity contribution in [2.75, 3.05) is 5.75 Å². The first-order chi connectivity index (χ1) is 14.2. The van der Waals surface area contributed by atoms with Gasteiger partial charge in [0.05, 0.1) is 17.8 Å². The quantitative estimate of drug-likeness (QED) is 0.396. The zero-order valence-electron chi connectivity index (χ0n) is 17.3. The normalized spacial score (nSPS) is 12.2. The van der Waals surface area contributed by atoms with E-state index in [9.17, 15) is 14.7 Å². The molecule has 0 fully saturated rings. The minimum absolute atomic E-state index is 0.0471. The van der Waals surface area contributed by atoms with Crippen molar-refractivity contribution in [1.82, 2.24) is 14.9 Å². The summed E-state index contributed by atoms with van der Waals surface area (Å²) in [5, 5.41) is 12.5. The van der Waals surface area contributed by atoms with Gasteiger partial charge in [0, 0.05) is 29.1 Å². The molecule has 2 aromatic rings. The van der Waals surface area contributed by atoms with Crippen molar-refractivity contribution < 1.29 is 14.7 Å². The molecular weight excluding hydrogens is 490 g/mol. The van der Waals surface area contributed by atoms with Crippen LogP contribution in [0, 0.1) is 11.8 Å². The smallest absolute Gasteiger partial charge is 0.336 e. The van der Waals surface area contributed by atoms with Gasteiger partial charge in [-0.3, -0.25) is 4.79 Å². The summed E-state index contributed by atoms with van der Waals surface area (Å²) in [6, 6.07) is 5.11. The second-order valence-corrected chi connectivity index (χ2v) is 9.13. The molecule has 0 aliphatic heterocycles. The molecule has 2 N–H and O–H groups in total. The lowest BCUT2D eigenvalue weighted by Gasteiger charge is -2.18. The van der Waals surface area contributed by atoms with Gasteiger partial charge in [0.1, 0.15) is 5.82 Å². The highest BCUT2D eigenvalue weighted by Gasteiger charge is 2.21. The molecule has 1 unspecified atom stereocenters. The maximum atomic E-state index is 12.6. The fraction of sp³-hybridized carbons (Fsp3) is 0.476. The molecule has 6 nitrogen and oxygen atoms in total. The second-order valence-electron chi connectivity index (χ2n) is 7.55. The lowest BCUT2D eigenvalue weighted by molar-refractivity contribution is -0.124. The van der Waals surface area contributed by atoms with Crippen LogP contribution in [0.3, 0.4) is 0 Å². The molecule has 0 aliphatic rings. The zero-order valence-corrected chi connectivity index (χ0v) is 20.5. The van der Waals surface area contributed by atoms with E-state index in [0.717, 1.165) is 23.5 Å². The summed E-state index contributed by atoms with van der Waals surface area (Å²) in [6.07, 6.45) is 1.45. The Morgan fingerprint density at radius 2 is 2.07 bits per heavy atom. The first-order valence-corrected chi connectivity index (χ1v) is 11.6. The monoisotopic (exact) mass is 515 g/mol. The molecule has 2 rings (SSSR count). The summed E-state index contributed by atoms with van der Waals surface area (Å²) < 4.78 is 2.49. The minimum Gasteiger partial charge on any atom is -0.478 e. The Bertz CT molecular complexity index is 917. The minimum atomic E-state index is -0.989. The maximum Gasteiger partial charge on any atom is 0.336 e. The van der Waals surface area contributed by atoms with Gasteiger partial charge in [-0.25, -0.2) is 9.78 Å². The highest BCUT2D eigenvalue weighted by Crippen LogP contribution is 2.23. The molecule has 30 heavy (non-hydrogen) atoms. The first-order valence-electron chi connectivity index (χ1n) is 9.81. The Morgan fingerprint density at radius 3 is 2.60 bits per heavy atom. The molecule has 0 radical (unpaired) electrons. The van der Waals surface area contributed by atoms with Gasteiger partial charge in [-0.15, -0.1) is 0 Å². The number of carboxylic acid groups (broad SMARTS) is 1. The average Bonchev–Trinajstić information content (AvgIpc) is 2.98. The van der Waals surface area contributed by atoms with Crippen LogP contribution < -0.4 is 5.32 Å². The summed E-state index contributed by atoms with van der Waals surface area (Å²) >= 11 is 14.0. The topological polar surface area (TPSA) is 84.2 Å². The van der Waals surface area contributed by atoms with Crippen molar-refractivity contribution in [1.29, 1.82) is 0 Å². The van der Waals surface area contributed by atoms with Crippen LogP contribution >= 0.6 is 40.2 Å². The molecule has 0 saturated heterocycles. The van der Waals surface area contributed by atoms with E-state index < -0.39 is 5.97 Å². The summed E-state index contributed by atoms with van der Waals surface area (Å²) in [4.78, 5) is 28.3. The van der Waals surface area contributed by atoms with Crippen LogP contribution in [0.4, 0.5) is 0 Å². The Balaban J connectivity index is 2.24. The van der Waals surface area contributed by atoms with E-state index in [0.29, 0.717) is 34.3 Å². The van der Waals surface area contributed by atoms with Crippen LogP contribution in [0.5, 0.6) is 0 Å². The lowest BCUT2D eigenvalue weighted by Crippen LogP contribution is -2.33.